The Balaban J connectivity index is 1.34. The van der Waals surface area contributed by atoms with E-state index in [1.165, 1.54) is 12.4 Å². The average Bonchev–Trinajstić information content (AvgIpc) is 3.12. The Bertz CT molecular complexity index is 1020. The van der Waals surface area contributed by atoms with Crippen molar-refractivity contribution in [3.63, 3.8) is 0 Å². The maximum absolute atomic E-state index is 13.1. The van der Waals surface area contributed by atoms with Gasteiger partial charge in [0, 0.05) is 37.0 Å². The van der Waals surface area contributed by atoms with E-state index in [-0.39, 0.29) is 35.0 Å². The normalized spacial score (nSPS) is 23.7. The van der Waals surface area contributed by atoms with Crippen LogP contribution in [-0.4, -0.2) is 58.4 Å². The van der Waals surface area contributed by atoms with E-state index in [0.29, 0.717) is 31.6 Å². The van der Waals surface area contributed by atoms with Gasteiger partial charge in [0.25, 0.3) is 0 Å². The largest absolute Gasteiger partial charge is 0.416 e. The molecule has 0 unspecified atom stereocenters. The van der Waals surface area contributed by atoms with Crippen molar-refractivity contribution in [3.05, 3.63) is 30.1 Å². The molecular weight excluding hydrogens is 437 g/mol. The molecule has 2 aromatic rings. The van der Waals surface area contributed by atoms with E-state index in [1.54, 1.807) is 4.90 Å². The number of alkyl halides is 3. The molecule has 1 aromatic carbocycles. The number of nitrogens with zero attached hydrogens (tertiary/aromatic N) is 3. The van der Waals surface area contributed by atoms with Crippen LogP contribution in [0.15, 0.2) is 24.5 Å². The summed E-state index contributed by atoms with van der Waals surface area (Å²) in [5.74, 6) is -0.0148. The minimum absolute atomic E-state index is 0.00357. The summed E-state index contributed by atoms with van der Waals surface area (Å²) in [5, 5.41) is 6.10. The summed E-state index contributed by atoms with van der Waals surface area (Å²) in [5.41, 5.74) is 5.43. The van der Waals surface area contributed by atoms with Gasteiger partial charge in [-0.3, -0.25) is 9.59 Å². The second-order valence-corrected chi connectivity index (χ2v) is 8.67. The van der Waals surface area contributed by atoms with Crippen molar-refractivity contribution in [2.75, 3.05) is 25.0 Å². The summed E-state index contributed by atoms with van der Waals surface area (Å²) >= 11 is 0. The summed E-state index contributed by atoms with van der Waals surface area (Å²) in [6, 6.07) is 2.82. The lowest BCUT2D eigenvalue weighted by Gasteiger charge is -2.25. The van der Waals surface area contributed by atoms with E-state index in [1.807, 2.05) is 0 Å². The molecule has 1 aliphatic heterocycles. The Hall–Kier alpha value is -2.95. The van der Waals surface area contributed by atoms with E-state index < -0.39 is 17.8 Å². The van der Waals surface area contributed by atoms with Gasteiger partial charge < -0.3 is 21.3 Å². The number of amides is 2. The third-order valence-electron chi connectivity index (χ3n) is 6.39. The van der Waals surface area contributed by atoms with E-state index in [0.717, 1.165) is 37.8 Å². The fourth-order valence-corrected chi connectivity index (χ4v) is 4.45. The number of fused-ring (bicyclic) bond motifs is 1. The number of nitrogens with two attached hydrogens (primary N) is 1. The van der Waals surface area contributed by atoms with Gasteiger partial charge in [-0.1, -0.05) is 0 Å². The highest BCUT2D eigenvalue weighted by molar-refractivity contribution is 5.93. The third-order valence-corrected chi connectivity index (χ3v) is 6.39. The number of nitrogens with one attached hydrogen (secondary N) is 2. The standard InChI is InChI=1S/C22H27F3N6O2/c23-22(24,25)14-3-6-17-16(11-14)19(29-12-28-17)30-18-7-9-31(21(18)33)10-8-27-20(32)13-1-4-15(26)5-2-13/h3,6,11-13,15,18H,1-2,4-5,7-10,26H2,(H,27,32)(H,28,29,30)/t13-,15+,18-/m0/s1. The molecule has 0 radical (unpaired) electrons. The minimum Gasteiger partial charge on any atom is -0.358 e. The highest BCUT2D eigenvalue weighted by Crippen LogP contribution is 2.33. The van der Waals surface area contributed by atoms with Crippen molar-refractivity contribution in [1.29, 1.82) is 0 Å². The molecule has 2 heterocycles. The zero-order valence-electron chi connectivity index (χ0n) is 18.1. The highest BCUT2D eigenvalue weighted by atomic mass is 19.4. The molecule has 33 heavy (non-hydrogen) atoms. The molecule has 1 saturated carbocycles. The van der Waals surface area contributed by atoms with Crippen molar-refractivity contribution < 1.29 is 22.8 Å². The molecule has 1 saturated heterocycles. The summed E-state index contributed by atoms with van der Waals surface area (Å²) in [4.78, 5) is 34.8. The molecule has 1 aliphatic carbocycles. The smallest absolute Gasteiger partial charge is 0.358 e. The van der Waals surface area contributed by atoms with Crippen LogP contribution in [-0.2, 0) is 15.8 Å². The van der Waals surface area contributed by atoms with Gasteiger partial charge >= 0.3 is 6.18 Å². The predicted molar refractivity (Wildman–Crippen MR) is 116 cm³/mol. The third kappa shape index (κ3) is 5.35. The molecule has 11 heteroatoms. The van der Waals surface area contributed by atoms with E-state index in [4.69, 9.17) is 5.73 Å². The first-order valence-electron chi connectivity index (χ1n) is 11.1. The maximum Gasteiger partial charge on any atom is 0.416 e. The summed E-state index contributed by atoms with van der Waals surface area (Å²) in [6.07, 6.45) is 0.502. The first-order valence-corrected chi connectivity index (χ1v) is 11.1. The lowest BCUT2D eigenvalue weighted by molar-refractivity contribution is -0.137. The Morgan fingerprint density at radius 2 is 1.91 bits per heavy atom. The van der Waals surface area contributed by atoms with Crippen molar-refractivity contribution in [2.45, 2.75) is 50.4 Å². The van der Waals surface area contributed by atoms with Gasteiger partial charge in [-0.25, -0.2) is 9.97 Å². The Labute approximate surface area is 189 Å². The van der Waals surface area contributed by atoms with Crippen LogP contribution < -0.4 is 16.4 Å². The van der Waals surface area contributed by atoms with Crippen LogP contribution in [0.1, 0.15) is 37.7 Å². The number of carbonyl (C=O) groups is 2. The zero-order valence-corrected chi connectivity index (χ0v) is 18.1. The van der Waals surface area contributed by atoms with Crippen LogP contribution >= 0.6 is 0 Å². The SMILES string of the molecule is N[C@H]1CC[C@@H](C(=O)NCCN2CC[C@H](Nc3ncnc4ccc(C(F)(F)F)cc34)C2=O)CC1. The number of anilines is 1. The highest BCUT2D eigenvalue weighted by Gasteiger charge is 2.33. The summed E-state index contributed by atoms with van der Waals surface area (Å²) < 4.78 is 39.4. The molecule has 2 fully saturated rings. The van der Waals surface area contributed by atoms with E-state index in [9.17, 15) is 22.8 Å². The monoisotopic (exact) mass is 464 g/mol. The lowest BCUT2D eigenvalue weighted by atomic mass is 9.86. The van der Waals surface area contributed by atoms with Crippen LogP contribution in [0, 0.1) is 5.92 Å². The van der Waals surface area contributed by atoms with Crippen molar-refractivity contribution >= 4 is 28.5 Å². The molecular formula is C22H27F3N6O2. The van der Waals surface area contributed by atoms with Crippen LogP contribution in [0.25, 0.3) is 10.9 Å². The number of rotatable bonds is 6. The second kappa shape index (κ2) is 9.50. The second-order valence-electron chi connectivity index (χ2n) is 8.67. The number of benzene rings is 1. The molecule has 0 bridgehead atoms. The van der Waals surface area contributed by atoms with Crippen LogP contribution in [0.2, 0.25) is 0 Å². The van der Waals surface area contributed by atoms with Gasteiger partial charge in [-0.05, 0) is 50.3 Å². The first kappa shape index (κ1) is 23.2. The summed E-state index contributed by atoms with van der Waals surface area (Å²) in [6.45, 7) is 1.21. The average molecular weight is 464 g/mol. The van der Waals surface area contributed by atoms with E-state index >= 15 is 0 Å². The van der Waals surface area contributed by atoms with Crippen molar-refractivity contribution in [3.8, 4) is 0 Å². The fourth-order valence-electron chi connectivity index (χ4n) is 4.45. The van der Waals surface area contributed by atoms with E-state index in [2.05, 4.69) is 20.6 Å². The molecule has 1 atom stereocenters. The quantitative estimate of drug-likeness (QED) is 0.605. The Morgan fingerprint density at radius 3 is 2.64 bits per heavy atom. The molecule has 0 spiro atoms. The van der Waals surface area contributed by atoms with Gasteiger partial charge in [0.1, 0.15) is 18.2 Å². The molecule has 178 valence electrons. The zero-order chi connectivity index (χ0) is 23.6. The van der Waals surface area contributed by atoms with Gasteiger partial charge in [0.05, 0.1) is 11.1 Å². The van der Waals surface area contributed by atoms with Crippen LogP contribution in [0.3, 0.4) is 0 Å². The van der Waals surface area contributed by atoms with Gasteiger partial charge in [0.15, 0.2) is 0 Å². The van der Waals surface area contributed by atoms with Gasteiger partial charge in [-0.2, -0.15) is 13.2 Å². The predicted octanol–water partition coefficient (Wildman–Crippen LogP) is 2.30. The van der Waals surface area contributed by atoms with Crippen molar-refractivity contribution in [1.82, 2.24) is 20.2 Å². The molecule has 4 rings (SSSR count). The summed E-state index contributed by atoms with van der Waals surface area (Å²) in [7, 11) is 0. The molecule has 1 aromatic heterocycles. The molecule has 2 aliphatic rings. The first-order chi connectivity index (χ1) is 15.7. The minimum atomic E-state index is -4.49. The topological polar surface area (TPSA) is 113 Å². The number of carbonyl (C=O) groups excluding carboxylic acids is 2. The Kier molecular flexibility index (Phi) is 6.68. The van der Waals surface area contributed by atoms with Crippen LogP contribution in [0.4, 0.5) is 19.0 Å². The number of likely N-dealkylation sites (tertiary alicyclic amines) is 1. The number of halogens is 3. The van der Waals surface area contributed by atoms with Crippen molar-refractivity contribution in [2.24, 2.45) is 11.7 Å². The molecule has 4 N–H and O–H groups in total. The fraction of sp³-hybridized carbons (Fsp3) is 0.545. The number of hydrogen-bond acceptors (Lipinski definition) is 6. The number of hydrogen-bond donors (Lipinski definition) is 3. The lowest BCUT2D eigenvalue weighted by Crippen LogP contribution is -2.41. The Morgan fingerprint density at radius 1 is 1.15 bits per heavy atom. The molecule has 2 amide bonds. The van der Waals surface area contributed by atoms with Crippen LogP contribution in [0.5, 0.6) is 0 Å². The van der Waals surface area contributed by atoms with Gasteiger partial charge in [-0.15, -0.1) is 0 Å². The maximum atomic E-state index is 13.1. The molecule has 8 nitrogen and oxygen atoms in total. The number of aromatic nitrogens is 2. The van der Waals surface area contributed by atoms with Gasteiger partial charge in [0.2, 0.25) is 11.8 Å².